The number of hydrogen-bond acceptors (Lipinski definition) is 3. The van der Waals surface area contributed by atoms with E-state index in [1.807, 2.05) is 6.92 Å². The maximum Gasteiger partial charge on any atom is 0.399 e. The van der Waals surface area contributed by atoms with Crippen LogP contribution in [0.5, 0.6) is 0 Å². The molecule has 3 N–H and O–H groups in total. The van der Waals surface area contributed by atoms with Crippen LogP contribution in [0.2, 0.25) is 5.02 Å². The van der Waals surface area contributed by atoms with Crippen molar-refractivity contribution in [2.75, 3.05) is 6.54 Å². The minimum atomic E-state index is -0.766. The Morgan fingerprint density at radius 3 is 2.60 bits per heavy atom. The first-order valence-corrected chi connectivity index (χ1v) is 7.46. The molecule has 1 aromatic rings. The molecule has 4 atom stereocenters. The van der Waals surface area contributed by atoms with Crippen molar-refractivity contribution in [2.45, 2.75) is 24.2 Å². The van der Waals surface area contributed by atoms with Crippen molar-refractivity contribution < 1.29 is 19.9 Å². The number of ketones is 1. The Labute approximate surface area is 129 Å². The smallest absolute Gasteiger partial charge is 0.288 e. The van der Waals surface area contributed by atoms with Gasteiger partial charge in [-0.15, -0.1) is 0 Å². The third-order valence-electron chi connectivity index (χ3n) is 3.50. The lowest BCUT2D eigenvalue weighted by Gasteiger charge is -2.15. The van der Waals surface area contributed by atoms with Crippen LogP contribution in [0, 0.1) is 10.1 Å². The van der Waals surface area contributed by atoms with E-state index >= 15 is 0 Å². The normalized spacial score (nSPS) is 29.4. The van der Waals surface area contributed by atoms with Crippen LogP contribution in [0.1, 0.15) is 17.3 Å². The van der Waals surface area contributed by atoms with Crippen molar-refractivity contribution in [1.82, 2.24) is 0 Å². The summed E-state index contributed by atoms with van der Waals surface area (Å²) in [6, 6.07) is 6.66. The third kappa shape index (κ3) is 3.17. The Morgan fingerprint density at radius 2 is 2.10 bits per heavy atom. The molecule has 1 aliphatic rings. The summed E-state index contributed by atoms with van der Waals surface area (Å²) in [5.74, 6) is -0.0506. The van der Waals surface area contributed by atoms with Crippen LogP contribution in [0.25, 0.3) is 0 Å². The van der Waals surface area contributed by atoms with Crippen LogP contribution in [0.15, 0.2) is 24.3 Å². The minimum absolute atomic E-state index is 0.0500. The number of rotatable bonds is 4. The van der Waals surface area contributed by atoms with Crippen molar-refractivity contribution in [1.29, 1.82) is 0 Å². The fourth-order valence-corrected chi connectivity index (χ4v) is 3.42. The standard InChI is InChI=1S/C12H13BrClN3O3/c1-7-15-12(17(19)20)11(13)16(7)6-10(18)8-2-4-9(14)5-3-8/h2-5,7,11-12,15H,6H2,1H3/p+2/t7-,11+,12-/m0/s1. The number of nitrogens with one attached hydrogen (secondary N) is 1. The zero-order valence-corrected chi connectivity index (χ0v) is 13.1. The summed E-state index contributed by atoms with van der Waals surface area (Å²) in [6.07, 6.45) is -0.816. The summed E-state index contributed by atoms with van der Waals surface area (Å²) >= 11 is 9.12. The summed E-state index contributed by atoms with van der Waals surface area (Å²) < 4.78 is 0. The maximum absolute atomic E-state index is 12.2. The lowest BCUT2D eigenvalue weighted by Crippen LogP contribution is -3.22. The van der Waals surface area contributed by atoms with Crippen LogP contribution < -0.4 is 10.2 Å². The molecule has 0 saturated carbocycles. The summed E-state index contributed by atoms with van der Waals surface area (Å²) in [7, 11) is 0. The molecule has 8 heteroatoms. The number of quaternary nitrogens is 2. The van der Waals surface area contributed by atoms with Crippen LogP contribution >= 0.6 is 27.5 Å². The fourth-order valence-electron chi connectivity index (χ4n) is 2.35. The quantitative estimate of drug-likeness (QED) is 0.252. The van der Waals surface area contributed by atoms with Crippen LogP contribution in [0.3, 0.4) is 0 Å². The first kappa shape index (κ1) is 15.4. The molecule has 1 heterocycles. The second-order valence-corrected chi connectivity index (χ2v) is 6.26. The third-order valence-corrected chi connectivity index (χ3v) is 4.88. The molecule has 0 amide bonds. The van der Waals surface area contributed by atoms with E-state index in [1.165, 1.54) is 0 Å². The topological polar surface area (TPSA) is 81.3 Å². The number of nitrogens with two attached hydrogens (primary N) is 1. The lowest BCUT2D eigenvalue weighted by atomic mass is 10.1. The minimum Gasteiger partial charge on any atom is -0.288 e. The highest BCUT2D eigenvalue weighted by Gasteiger charge is 2.52. The second kappa shape index (κ2) is 6.17. The second-order valence-electron chi connectivity index (χ2n) is 4.84. The zero-order chi connectivity index (χ0) is 14.9. The van der Waals surface area contributed by atoms with Crippen molar-refractivity contribution in [3.63, 3.8) is 0 Å². The number of halogens is 2. The molecule has 108 valence electrons. The maximum atomic E-state index is 12.2. The van der Waals surface area contributed by atoms with E-state index in [0.717, 1.165) is 4.90 Å². The van der Waals surface area contributed by atoms with Gasteiger partial charge in [0, 0.05) is 17.5 Å². The van der Waals surface area contributed by atoms with Crippen LogP contribution in [-0.2, 0) is 0 Å². The highest BCUT2D eigenvalue weighted by molar-refractivity contribution is 9.09. The van der Waals surface area contributed by atoms with Gasteiger partial charge in [0.15, 0.2) is 0 Å². The van der Waals surface area contributed by atoms with Crippen molar-refractivity contribution in [3.8, 4) is 0 Å². The Kier molecular flexibility index (Phi) is 4.74. The molecule has 20 heavy (non-hydrogen) atoms. The first-order valence-electron chi connectivity index (χ1n) is 6.17. The van der Waals surface area contributed by atoms with Gasteiger partial charge >= 0.3 is 6.17 Å². The molecule has 0 radical (unpaired) electrons. The Bertz CT molecular complexity index is 525. The van der Waals surface area contributed by atoms with Gasteiger partial charge in [-0.2, -0.15) is 0 Å². The van der Waals surface area contributed by atoms with Gasteiger partial charge in [0.05, 0.1) is 4.92 Å². The van der Waals surface area contributed by atoms with Gasteiger partial charge in [-0.25, -0.2) is 5.32 Å². The number of hydrogen-bond donors (Lipinski definition) is 2. The van der Waals surface area contributed by atoms with Gasteiger partial charge in [0.2, 0.25) is 11.9 Å². The first-order chi connectivity index (χ1) is 9.40. The molecule has 0 bridgehead atoms. The van der Waals surface area contributed by atoms with Crippen molar-refractivity contribution >= 4 is 33.3 Å². The van der Waals surface area contributed by atoms with Crippen LogP contribution in [0.4, 0.5) is 0 Å². The zero-order valence-electron chi connectivity index (χ0n) is 10.8. The van der Waals surface area contributed by atoms with E-state index in [4.69, 9.17) is 11.6 Å². The highest BCUT2D eigenvalue weighted by Crippen LogP contribution is 2.10. The predicted molar refractivity (Wildman–Crippen MR) is 76.5 cm³/mol. The average Bonchev–Trinajstić information content (AvgIpc) is 2.67. The summed E-state index contributed by atoms with van der Waals surface area (Å²) in [5, 5.41) is 13.2. The van der Waals surface area contributed by atoms with E-state index < -0.39 is 6.17 Å². The molecule has 1 aliphatic heterocycles. The SMILES string of the molecule is C[C@H]1[NH2+][C@@H]([N+](=O)[O-])[C@H](Br)[NH+]1CC(=O)c1ccc(Cl)cc1. The number of carbonyl (C=O) groups is 1. The van der Waals surface area contributed by atoms with Gasteiger partial charge < -0.3 is 0 Å². The Morgan fingerprint density at radius 1 is 1.50 bits per heavy atom. The monoisotopic (exact) mass is 363 g/mol. The van der Waals surface area contributed by atoms with Gasteiger partial charge in [0.1, 0.15) is 6.54 Å². The Hall–Kier alpha value is -1.02. The average molecular weight is 365 g/mol. The van der Waals surface area contributed by atoms with E-state index in [9.17, 15) is 14.9 Å². The molecule has 0 aliphatic carbocycles. The number of Topliss-reactive ketones (excluding diaryl/α,β-unsaturated/α-hetero) is 1. The number of benzene rings is 1. The molecule has 1 unspecified atom stereocenters. The van der Waals surface area contributed by atoms with Gasteiger partial charge in [-0.05, 0) is 40.2 Å². The summed E-state index contributed by atoms with van der Waals surface area (Å²) in [6.45, 7) is 2.09. The molecule has 0 aromatic heterocycles. The summed E-state index contributed by atoms with van der Waals surface area (Å²) in [4.78, 5) is 23.3. The fraction of sp³-hybridized carbons (Fsp3) is 0.417. The molecular formula is C12H15BrClN3O3+2. The lowest BCUT2D eigenvalue weighted by molar-refractivity contribution is -0.990. The van der Waals surface area contributed by atoms with Gasteiger partial charge in [0.25, 0.3) is 4.95 Å². The van der Waals surface area contributed by atoms with Crippen LogP contribution in [-0.4, -0.2) is 34.5 Å². The molecule has 2 rings (SSSR count). The molecular weight excluding hydrogens is 350 g/mol. The van der Waals surface area contributed by atoms with Crippen molar-refractivity contribution in [2.24, 2.45) is 0 Å². The van der Waals surface area contributed by atoms with Gasteiger partial charge in [-0.1, -0.05) is 11.6 Å². The summed E-state index contributed by atoms with van der Waals surface area (Å²) in [5.41, 5.74) is 0.568. The Balaban J connectivity index is 2.07. The van der Waals surface area contributed by atoms with E-state index in [0.29, 0.717) is 10.6 Å². The molecule has 0 spiro atoms. The number of alkyl halides is 1. The highest BCUT2D eigenvalue weighted by atomic mass is 79.9. The largest absolute Gasteiger partial charge is 0.399 e. The van der Waals surface area contributed by atoms with E-state index in [1.54, 1.807) is 29.6 Å². The molecule has 1 saturated heterocycles. The predicted octanol–water partition coefficient (Wildman–Crippen LogP) is -0.346. The van der Waals surface area contributed by atoms with E-state index in [-0.39, 0.29) is 28.4 Å². The molecule has 6 nitrogen and oxygen atoms in total. The molecule has 1 aromatic carbocycles. The van der Waals surface area contributed by atoms with Crippen molar-refractivity contribution in [3.05, 3.63) is 45.0 Å². The molecule has 1 fully saturated rings. The van der Waals surface area contributed by atoms with E-state index in [2.05, 4.69) is 15.9 Å². The number of carbonyl (C=O) groups excluding carboxylic acids is 1. The van der Waals surface area contributed by atoms with Gasteiger partial charge in [-0.3, -0.25) is 19.8 Å². The number of nitrogens with zero attached hydrogens (tertiary/aromatic N) is 1. The number of nitro groups is 1.